The van der Waals surface area contributed by atoms with E-state index < -0.39 is 0 Å². The Kier molecular flexibility index (Phi) is 9.89. The second-order valence-electron chi connectivity index (χ2n) is 2.11. The van der Waals surface area contributed by atoms with Gasteiger partial charge < -0.3 is 9.69 Å². The first kappa shape index (κ1) is 14.4. The van der Waals surface area contributed by atoms with E-state index in [4.69, 9.17) is 0 Å². The summed E-state index contributed by atoms with van der Waals surface area (Å²) in [5.74, 6) is -0.174. The minimum absolute atomic E-state index is 0. The predicted molar refractivity (Wildman–Crippen MR) is 37.8 cm³/mol. The zero-order valence-corrected chi connectivity index (χ0v) is 10.9. The van der Waals surface area contributed by atoms with Gasteiger partial charge in [-0.25, -0.2) is 6.54 Å². The molecule has 1 amide bonds. The molecule has 0 fully saturated rings. The van der Waals surface area contributed by atoms with Crippen molar-refractivity contribution in [2.45, 2.75) is 0 Å². The number of carbonyl (C=O) groups is 1. The van der Waals surface area contributed by atoms with Crippen LogP contribution in [0.2, 0.25) is 0 Å². The van der Waals surface area contributed by atoms with Crippen molar-refractivity contribution in [1.29, 1.82) is 0 Å². The van der Waals surface area contributed by atoms with Crippen molar-refractivity contribution in [3.05, 3.63) is 6.54 Å². The van der Waals surface area contributed by atoms with E-state index in [1.165, 1.54) is 13.7 Å². The minimum Gasteiger partial charge on any atom is -0.438 e. The fraction of sp³-hybridized carbons (Fsp3) is 0.667. The van der Waals surface area contributed by atoms with E-state index >= 15 is 0 Å². The van der Waals surface area contributed by atoms with E-state index in [1.54, 1.807) is 26.0 Å². The summed E-state index contributed by atoms with van der Waals surface area (Å²) >= 11 is 0. The Labute approximate surface area is 110 Å². The maximum atomic E-state index is 10.9. The standard InChI is InChI=1S/C6H13N2O2.K/c1-7(2)5-6(9)8(3)10-4;/h5H,1-4H3;/q-1;+1. The van der Waals surface area contributed by atoms with E-state index in [0.29, 0.717) is 0 Å². The topological polar surface area (TPSA) is 32.8 Å². The van der Waals surface area contributed by atoms with E-state index in [2.05, 4.69) is 4.84 Å². The average Bonchev–Trinajstić information content (AvgIpc) is 1.85. The Morgan fingerprint density at radius 1 is 1.36 bits per heavy atom. The van der Waals surface area contributed by atoms with E-state index in [9.17, 15) is 4.79 Å². The molecule has 0 aliphatic rings. The summed E-state index contributed by atoms with van der Waals surface area (Å²) in [5, 5.41) is 1.15. The van der Waals surface area contributed by atoms with Crippen LogP contribution in [0.25, 0.3) is 0 Å². The van der Waals surface area contributed by atoms with E-state index in [0.717, 1.165) is 5.06 Å². The van der Waals surface area contributed by atoms with Gasteiger partial charge in [-0.15, -0.1) is 0 Å². The SMILES string of the molecule is CON(C)C(=O)[CH-]N(C)C.[K+]. The second kappa shape index (κ2) is 7.54. The van der Waals surface area contributed by atoms with Gasteiger partial charge in [-0.05, 0) is 14.1 Å². The van der Waals surface area contributed by atoms with Crippen LogP contribution in [-0.4, -0.2) is 44.1 Å². The van der Waals surface area contributed by atoms with Gasteiger partial charge >= 0.3 is 51.4 Å². The summed E-state index contributed by atoms with van der Waals surface area (Å²) in [6, 6.07) is 0. The van der Waals surface area contributed by atoms with Gasteiger partial charge in [0.25, 0.3) is 0 Å². The van der Waals surface area contributed by atoms with Crippen molar-refractivity contribution >= 4 is 5.91 Å². The molecular weight excluding hydrogens is 171 g/mol. The number of hydrogen-bond acceptors (Lipinski definition) is 3. The molecule has 0 aliphatic carbocycles. The van der Waals surface area contributed by atoms with Gasteiger partial charge in [-0.3, -0.25) is 9.90 Å². The summed E-state index contributed by atoms with van der Waals surface area (Å²) in [6.45, 7) is 1.43. The minimum atomic E-state index is -0.174. The molecule has 0 aliphatic heterocycles. The molecule has 0 spiro atoms. The van der Waals surface area contributed by atoms with Crippen LogP contribution < -0.4 is 51.4 Å². The number of hydroxylamine groups is 2. The molecule has 0 saturated carbocycles. The van der Waals surface area contributed by atoms with Crippen LogP contribution in [0.15, 0.2) is 0 Å². The maximum absolute atomic E-state index is 10.9. The Bertz CT molecular complexity index is 119. The molecular formula is C6H13KN2O2. The van der Waals surface area contributed by atoms with Gasteiger partial charge in [0.15, 0.2) is 0 Å². The van der Waals surface area contributed by atoms with Crippen molar-refractivity contribution < 1.29 is 61.0 Å². The van der Waals surface area contributed by atoms with Crippen LogP contribution in [0.4, 0.5) is 0 Å². The Morgan fingerprint density at radius 2 is 1.82 bits per heavy atom. The van der Waals surface area contributed by atoms with Crippen molar-refractivity contribution in [3.8, 4) is 0 Å². The first-order valence-electron chi connectivity index (χ1n) is 2.91. The normalized spacial score (nSPS) is 8.82. The summed E-state index contributed by atoms with van der Waals surface area (Å²) in [4.78, 5) is 17.2. The first-order valence-corrected chi connectivity index (χ1v) is 2.91. The monoisotopic (exact) mass is 184 g/mol. The molecule has 0 N–H and O–H groups in total. The smallest absolute Gasteiger partial charge is 0.438 e. The molecule has 4 nitrogen and oxygen atoms in total. The molecule has 0 unspecified atom stereocenters. The number of likely N-dealkylation sites (N-methyl/N-ethyl adjacent to an activating group) is 2. The van der Waals surface area contributed by atoms with Crippen LogP contribution in [-0.2, 0) is 9.63 Å². The number of carbonyl (C=O) groups excluding carboxylic acids is 1. The quantitative estimate of drug-likeness (QED) is 0.262. The third kappa shape index (κ3) is 7.26. The molecule has 0 atom stereocenters. The van der Waals surface area contributed by atoms with Crippen LogP contribution >= 0.6 is 0 Å². The van der Waals surface area contributed by atoms with E-state index in [1.807, 2.05) is 0 Å². The van der Waals surface area contributed by atoms with Crippen molar-refractivity contribution in [1.82, 2.24) is 9.96 Å². The number of hydrogen-bond donors (Lipinski definition) is 0. The van der Waals surface area contributed by atoms with Gasteiger partial charge in [-0.1, -0.05) is 0 Å². The van der Waals surface area contributed by atoms with Crippen LogP contribution in [0.3, 0.4) is 0 Å². The van der Waals surface area contributed by atoms with Crippen molar-refractivity contribution in [2.75, 3.05) is 28.3 Å². The molecule has 0 bridgehead atoms. The van der Waals surface area contributed by atoms with Crippen LogP contribution in [0.5, 0.6) is 0 Å². The number of rotatable bonds is 3. The number of nitrogens with zero attached hydrogens (tertiary/aromatic N) is 2. The molecule has 0 rings (SSSR count). The average molecular weight is 184 g/mol. The summed E-state index contributed by atoms with van der Waals surface area (Å²) in [6.07, 6.45) is 0. The molecule has 0 aromatic carbocycles. The maximum Gasteiger partial charge on any atom is 1.00 e. The summed E-state index contributed by atoms with van der Waals surface area (Å²) < 4.78 is 0. The predicted octanol–water partition coefficient (Wildman–Crippen LogP) is -3.27. The second-order valence-corrected chi connectivity index (χ2v) is 2.11. The van der Waals surface area contributed by atoms with Crippen molar-refractivity contribution in [3.63, 3.8) is 0 Å². The molecule has 0 radical (unpaired) electrons. The molecule has 0 heterocycles. The largest absolute Gasteiger partial charge is 1.00 e. The Balaban J connectivity index is 0. The molecule has 0 aromatic rings. The molecule has 0 aromatic heterocycles. The van der Waals surface area contributed by atoms with Crippen molar-refractivity contribution in [2.24, 2.45) is 0 Å². The van der Waals surface area contributed by atoms with Gasteiger partial charge in [0.05, 0.1) is 7.11 Å². The van der Waals surface area contributed by atoms with Crippen LogP contribution in [0, 0.1) is 6.54 Å². The molecule has 5 heteroatoms. The molecule has 0 saturated heterocycles. The Morgan fingerprint density at radius 3 is 2.09 bits per heavy atom. The summed E-state index contributed by atoms with van der Waals surface area (Å²) in [7, 11) is 6.56. The fourth-order valence-electron chi connectivity index (χ4n) is 0.392. The third-order valence-corrected chi connectivity index (χ3v) is 0.953. The fourth-order valence-corrected chi connectivity index (χ4v) is 0.392. The first-order chi connectivity index (χ1) is 4.57. The Hall–Kier alpha value is 0.896. The number of amides is 1. The molecule has 11 heavy (non-hydrogen) atoms. The zero-order valence-electron chi connectivity index (χ0n) is 7.79. The van der Waals surface area contributed by atoms with Gasteiger partial charge in [0.1, 0.15) is 5.91 Å². The van der Waals surface area contributed by atoms with E-state index in [-0.39, 0.29) is 57.3 Å². The van der Waals surface area contributed by atoms with Gasteiger partial charge in [-0.2, -0.15) is 0 Å². The van der Waals surface area contributed by atoms with Gasteiger partial charge in [0.2, 0.25) is 0 Å². The third-order valence-electron chi connectivity index (χ3n) is 0.953. The van der Waals surface area contributed by atoms with Crippen LogP contribution in [0.1, 0.15) is 0 Å². The summed E-state index contributed by atoms with van der Waals surface area (Å²) in [5.41, 5.74) is 0. The molecule has 60 valence electrons. The zero-order chi connectivity index (χ0) is 8.15. The van der Waals surface area contributed by atoms with Gasteiger partial charge in [0, 0.05) is 7.05 Å².